The Bertz CT molecular complexity index is 1290. The first-order valence-corrected chi connectivity index (χ1v) is 10.2. The molecule has 0 amide bonds. The topological polar surface area (TPSA) is 93.7 Å². The van der Waals surface area contributed by atoms with Crippen molar-refractivity contribution in [3.63, 3.8) is 0 Å². The summed E-state index contributed by atoms with van der Waals surface area (Å²) in [4.78, 5) is 16.0. The van der Waals surface area contributed by atoms with Crippen LogP contribution in [0.15, 0.2) is 58.5 Å². The van der Waals surface area contributed by atoms with Crippen LogP contribution in [0, 0.1) is 0 Å². The molecule has 4 heterocycles. The van der Waals surface area contributed by atoms with Crippen LogP contribution in [0.4, 0.5) is 0 Å². The van der Waals surface area contributed by atoms with Crippen molar-refractivity contribution in [1.82, 2.24) is 29.9 Å². The van der Waals surface area contributed by atoms with Crippen molar-refractivity contribution >= 4 is 10.9 Å². The summed E-state index contributed by atoms with van der Waals surface area (Å²) in [6.07, 6.45) is 6.44. The smallest absolute Gasteiger partial charge is 0.389 e. The SMILES string of the molecule is C=CC1Cc2c([nH]c3ccccc23)C(c2cnn(CC)c2)(c2nn(CC)c(=O)o2)N1. The summed E-state index contributed by atoms with van der Waals surface area (Å²) in [5.41, 5.74) is 2.97. The summed E-state index contributed by atoms with van der Waals surface area (Å²) < 4.78 is 8.92. The van der Waals surface area contributed by atoms with E-state index in [0.29, 0.717) is 12.4 Å². The number of H-pyrrole nitrogens is 1. The van der Waals surface area contributed by atoms with Crippen molar-refractivity contribution in [2.24, 2.45) is 0 Å². The highest BCUT2D eigenvalue weighted by Crippen LogP contribution is 2.43. The van der Waals surface area contributed by atoms with Crippen LogP contribution in [0.5, 0.6) is 0 Å². The van der Waals surface area contributed by atoms with Crippen LogP contribution >= 0.6 is 0 Å². The van der Waals surface area contributed by atoms with Gasteiger partial charge in [0.1, 0.15) is 0 Å². The summed E-state index contributed by atoms with van der Waals surface area (Å²) in [6, 6.07) is 8.16. The Kier molecular flexibility index (Phi) is 4.25. The molecule has 1 aliphatic heterocycles. The van der Waals surface area contributed by atoms with Gasteiger partial charge in [-0.1, -0.05) is 24.3 Å². The molecule has 0 spiro atoms. The third-order valence-electron chi connectivity index (χ3n) is 5.92. The lowest BCUT2D eigenvalue weighted by Gasteiger charge is -2.38. The highest BCUT2D eigenvalue weighted by molar-refractivity contribution is 5.86. The Morgan fingerprint density at radius 2 is 2.17 bits per heavy atom. The number of para-hydroxylation sites is 1. The van der Waals surface area contributed by atoms with Gasteiger partial charge in [0, 0.05) is 41.8 Å². The first kappa shape index (κ1) is 18.6. The number of aromatic amines is 1. The minimum absolute atomic E-state index is 0.0428. The zero-order valence-electron chi connectivity index (χ0n) is 17.1. The molecule has 0 aliphatic carbocycles. The second-order valence-corrected chi connectivity index (χ2v) is 7.54. The Morgan fingerprint density at radius 3 is 2.87 bits per heavy atom. The Hall–Kier alpha value is -3.39. The largest absolute Gasteiger partial charge is 0.437 e. The number of hydrogen-bond donors (Lipinski definition) is 2. The van der Waals surface area contributed by atoms with Crippen LogP contribution in [-0.4, -0.2) is 30.6 Å². The van der Waals surface area contributed by atoms with E-state index in [9.17, 15) is 4.79 Å². The van der Waals surface area contributed by atoms with E-state index in [2.05, 4.69) is 39.2 Å². The van der Waals surface area contributed by atoms with Crippen molar-refractivity contribution in [3.8, 4) is 0 Å². The van der Waals surface area contributed by atoms with Crippen LogP contribution < -0.4 is 11.1 Å². The van der Waals surface area contributed by atoms with Gasteiger partial charge >= 0.3 is 5.76 Å². The molecule has 3 aromatic heterocycles. The van der Waals surface area contributed by atoms with Gasteiger partial charge in [-0.2, -0.15) is 9.78 Å². The molecule has 4 aromatic rings. The van der Waals surface area contributed by atoms with Gasteiger partial charge in [-0.3, -0.25) is 10.00 Å². The normalized spacial score (nSPS) is 21.1. The first-order valence-electron chi connectivity index (χ1n) is 10.2. The van der Waals surface area contributed by atoms with Gasteiger partial charge in [-0.05, 0) is 31.9 Å². The number of nitrogens with one attached hydrogen (secondary N) is 2. The summed E-state index contributed by atoms with van der Waals surface area (Å²) in [5.74, 6) is -0.181. The van der Waals surface area contributed by atoms with Gasteiger partial charge in [-0.15, -0.1) is 11.7 Å². The molecule has 30 heavy (non-hydrogen) atoms. The average Bonchev–Trinajstić information content (AvgIpc) is 3.49. The molecular formula is C22H24N6O2. The monoisotopic (exact) mass is 404 g/mol. The first-order chi connectivity index (χ1) is 14.6. The second kappa shape index (κ2) is 6.84. The summed E-state index contributed by atoms with van der Waals surface area (Å²) in [6.45, 7) is 9.08. The summed E-state index contributed by atoms with van der Waals surface area (Å²) in [5, 5.41) is 13.8. The number of rotatable bonds is 5. The zero-order valence-corrected chi connectivity index (χ0v) is 17.1. The lowest BCUT2D eigenvalue weighted by molar-refractivity contribution is 0.306. The molecule has 2 N–H and O–H groups in total. The Labute approximate surface area is 173 Å². The third-order valence-corrected chi connectivity index (χ3v) is 5.92. The highest BCUT2D eigenvalue weighted by atomic mass is 16.4. The number of nitrogens with zero attached hydrogens (tertiary/aromatic N) is 4. The molecule has 1 aromatic carbocycles. The molecule has 5 rings (SSSR count). The molecule has 8 heteroatoms. The van der Waals surface area contributed by atoms with E-state index in [1.54, 1.807) is 0 Å². The molecule has 2 unspecified atom stereocenters. The minimum atomic E-state index is -0.988. The van der Waals surface area contributed by atoms with Crippen molar-refractivity contribution in [1.29, 1.82) is 0 Å². The zero-order chi connectivity index (χ0) is 20.9. The van der Waals surface area contributed by atoms with E-state index in [-0.39, 0.29) is 6.04 Å². The van der Waals surface area contributed by atoms with Crippen LogP contribution in [0.3, 0.4) is 0 Å². The van der Waals surface area contributed by atoms with E-state index < -0.39 is 11.3 Å². The maximum atomic E-state index is 12.4. The van der Waals surface area contributed by atoms with Crippen molar-refractivity contribution < 1.29 is 4.42 Å². The molecule has 0 bridgehead atoms. The third kappa shape index (κ3) is 2.53. The van der Waals surface area contributed by atoms with Gasteiger partial charge < -0.3 is 9.40 Å². The second-order valence-electron chi connectivity index (χ2n) is 7.54. The van der Waals surface area contributed by atoms with Crippen molar-refractivity contribution in [3.05, 3.63) is 82.6 Å². The number of benzene rings is 1. The van der Waals surface area contributed by atoms with Gasteiger partial charge in [0.2, 0.25) is 5.89 Å². The predicted molar refractivity (Wildman–Crippen MR) is 113 cm³/mol. The van der Waals surface area contributed by atoms with E-state index in [1.807, 2.05) is 49.1 Å². The molecular weight excluding hydrogens is 380 g/mol. The van der Waals surface area contributed by atoms with Crippen LogP contribution in [0.25, 0.3) is 10.9 Å². The fourth-order valence-corrected chi connectivity index (χ4v) is 4.40. The molecule has 0 fully saturated rings. The van der Waals surface area contributed by atoms with E-state index >= 15 is 0 Å². The molecule has 0 saturated heterocycles. The summed E-state index contributed by atoms with van der Waals surface area (Å²) >= 11 is 0. The van der Waals surface area contributed by atoms with E-state index in [1.165, 1.54) is 4.68 Å². The molecule has 2 atom stereocenters. The van der Waals surface area contributed by atoms with Gasteiger partial charge in [0.25, 0.3) is 0 Å². The van der Waals surface area contributed by atoms with Crippen molar-refractivity contribution in [2.75, 3.05) is 0 Å². The lowest BCUT2D eigenvalue weighted by atomic mass is 9.79. The number of hydrogen-bond acceptors (Lipinski definition) is 5. The average molecular weight is 404 g/mol. The van der Waals surface area contributed by atoms with E-state index in [0.717, 1.165) is 40.7 Å². The fraction of sp³-hybridized carbons (Fsp3) is 0.318. The predicted octanol–water partition coefficient (Wildman–Crippen LogP) is 2.55. The number of aryl methyl sites for hydroxylation is 2. The lowest BCUT2D eigenvalue weighted by Crippen LogP contribution is -2.54. The maximum Gasteiger partial charge on any atom is 0.437 e. The minimum Gasteiger partial charge on any atom is -0.389 e. The standard InChI is InChI=1S/C22H24N6O2/c1-4-15-11-17-16-9-7-8-10-18(16)24-19(17)22(25-15,14-12-23-27(5-2)13-14)20-26-28(6-3)21(29)30-20/h4,7-10,12-13,15,24-25H,1,5-6,11H2,2-3H3. The van der Waals surface area contributed by atoms with Crippen molar-refractivity contribution in [2.45, 2.75) is 44.9 Å². The quantitative estimate of drug-likeness (QED) is 0.499. The fourth-order valence-electron chi connectivity index (χ4n) is 4.40. The molecule has 0 saturated carbocycles. The van der Waals surface area contributed by atoms with Gasteiger partial charge in [0.15, 0.2) is 5.54 Å². The summed E-state index contributed by atoms with van der Waals surface area (Å²) in [7, 11) is 0. The van der Waals surface area contributed by atoms with E-state index in [4.69, 9.17) is 4.42 Å². The number of aromatic nitrogens is 5. The number of fused-ring (bicyclic) bond motifs is 3. The Morgan fingerprint density at radius 1 is 1.33 bits per heavy atom. The highest BCUT2D eigenvalue weighted by Gasteiger charge is 2.49. The Balaban J connectivity index is 1.88. The molecule has 0 radical (unpaired) electrons. The van der Waals surface area contributed by atoms with Crippen LogP contribution in [0.2, 0.25) is 0 Å². The maximum absolute atomic E-state index is 12.4. The van der Waals surface area contributed by atoms with Crippen LogP contribution in [0.1, 0.15) is 36.6 Å². The van der Waals surface area contributed by atoms with Gasteiger partial charge in [0.05, 0.1) is 11.9 Å². The molecule has 1 aliphatic rings. The molecule has 8 nitrogen and oxygen atoms in total. The van der Waals surface area contributed by atoms with Gasteiger partial charge in [-0.25, -0.2) is 4.79 Å². The molecule has 154 valence electrons. The van der Waals surface area contributed by atoms with Crippen LogP contribution in [-0.2, 0) is 25.0 Å².